The molecule has 8 aromatic rings. The Morgan fingerprint density at radius 1 is 0.310 bits per heavy atom. The van der Waals surface area contributed by atoms with Crippen molar-refractivity contribution in [3.63, 3.8) is 0 Å². The largest absolute Gasteiger partial charge is 0.237 e. The maximum Gasteiger partial charge on any atom is 0.160 e. The molecule has 0 spiro atoms. The van der Waals surface area contributed by atoms with Gasteiger partial charge in [0.05, 0.1) is 0 Å². The number of fused-ring (bicyclic) bond motifs is 3. The fraction of sp³-hybridized carbons (Fsp3) is 0. The molecule has 42 heavy (non-hydrogen) atoms. The van der Waals surface area contributed by atoms with Gasteiger partial charge in [0, 0.05) is 18.0 Å². The van der Waals surface area contributed by atoms with E-state index in [9.17, 15) is 0 Å². The first-order valence-electron chi connectivity index (χ1n) is 14.2. The molecule has 0 amide bonds. The molecule has 2 nitrogen and oxygen atoms in total. The van der Waals surface area contributed by atoms with Gasteiger partial charge in [-0.1, -0.05) is 121 Å². The second kappa shape index (κ2) is 10.1. The number of hydrogen-bond acceptors (Lipinski definition) is 2. The SMILES string of the molecule is c1ccc(-c2ccc3c(-c4ncccn4)c4cc(-c5ccccc5)ccc4c(-c4ccc5ccccc5c4)c3c2)cc1. The van der Waals surface area contributed by atoms with Crippen LogP contribution in [0.25, 0.3) is 77.1 Å². The molecule has 1 heterocycles. The van der Waals surface area contributed by atoms with E-state index in [2.05, 4.69) is 140 Å². The van der Waals surface area contributed by atoms with E-state index in [1.165, 1.54) is 54.9 Å². The second-order valence-corrected chi connectivity index (χ2v) is 10.6. The number of rotatable bonds is 4. The highest BCUT2D eigenvalue weighted by molar-refractivity contribution is 6.22. The van der Waals surface area contributed by atoms with Crippen LogP contribution < -0.4 is 0 Å². The summed E-state index contributed by atoms with van der Waals surface area (Å²) in [5.74, 6) is 0.732. The first-order chi connectivity index (χ1) is 20.8. The third kappa shape index (κ3) is 4.13. The lowest BCUT2D eigenvalue weighted by molar-refractivity contribution is 1.18. The minimum absolute atomic E-state index is 0.732. The van der Waals surface area contributed by atoms with Crippen LogP contribution in [0, 0.1) is 0 Å². The van der Waals surface area contributed by atoms with Gasteiger partial charge in [-0.2, -0.15) is 0 Å². The van der Waals surface area contributed by atoms with Gasteiger partial charge in [0.2, 0.25) is 0 Å². The molecule has 0 aliphatic carbocycles. The van der Waals surface area contributed by atoms with Gasteiger partial charge in [-0.05, 0) is 90.0 Å². The van der Waals surface area contributed by atoms with Gasteiger partial charge in [-0.15, -0.1) is 0 Å². The lowest BCUT2D eigenvalue weighted by Gasteiger charge is -2.19. The summed E-state index contributed by atoms with van der Waals surface area (Å²) in [5.41, 5.74) is 8.22. The van der Waals surface area contributed by atoms with Gasteiger partial charge < -0.3 is 0 Å². The minimum Gasteiger partial charge on any atom is -0.237 e. The monoisotopic (exact) mass is 534 g/mol. The molecule has 8 rings (SSSR count). The Bertz CT molecular complexity index is 2220. The summed E-state index contributed by atoms with van der Waals surface area (Å²) in [5, 5.41) is 7.12. The molecule has 1 aromatic heterocycles. The number of benzene rings is 7. The standard InChI is InChI=1S/C40H26N2/c1-3-10-27(11-4-1)31-19-21-35-36(25-31)38(33-17-16-29-14-7-8-15-30(29)24-33)34-20-18-32(28-12-5-2-6-13-28)26-37(34)39(35)40-41-22-9-23-42-40/h1-26H. The maximum absolute atomic E-state index is 4.76. The van der Waals surface area contributed by atoms with E-state index in [-0.39, 0.29) is 0 Å². The van der Waals surface area contributed by atoms with E-state index in [1.807, 2.05) is 18.5 Å². The zero-order chi connectivity index (χ0) is 27.9. The molecule has 0 bridgehead atoms. The summed E-state index contributed by atoms with van der Waals surface area (Å²) in [6.45, 7) is 0. The van der Waals surface area contributed by atoms with Crippen molar-refractivity contribution in [2.45, 2.75) is 0 Å². The van der Waals surface area contributed by atoms with Gasteiger partial charge in [0.25, 0.3) is 0 Å². The zero-order valence-corrected chi connectivity index (χ0v) is 22.9. The van der Waals surface area contributed by atoms with Crippen molar-refractivity contribution in [1.82, 2.24) is 9.97 Å². The summed E-state index contributed by atoms with van der Waals surface area (Å²) in [4.78, 5) is 9.53. The highest BCUT2D eigenvalue weighted by Crippen LogP contribution is 2.45. The Morgan fingerprint density at radius 3 is 1.48 bits per heavy atom. The summed E-state index contributed by atoms with van der Waals surface area (Å²) >= 11 is 0. The molecule has 0 aliphatic heterocycles. The van der Waals surface area contributed by atoms with E-state index >= 15 is 0 Å². The van der Waals surface area contributed by atoms with E-state index < -0.39 is 0 Å². The van der Waals surface area contributed by atoms with E-state index in [4.69, 9.17) is 9.97 Å². The Kier molecular flexibility index (Phi) is 5.82. The molecular weight excluding hydrogens is 508 g/mol. The Labute approximate surface area is 244 Å². The number of nitrogens with zero attached hydrogens (tertiary/aromatic N) is 2. The molecule has 0 unspecified atom stereocenters. The van der Waals surface area contributed by atoms with Crippen LogP contribution in [-0.4, -0.2) is 9.97 Å². The van der Waals surface area contributed by atoms with Crippen LogP contribution in [0.1, 0.15) is 0 Å². The fourth-order valence-electron chi connectivity index (χ4n) is 6.17. The third-order valence-electron chi connectivity index (χ3n) is 8.16. The lowest BCUT2D eigenvalue weighted by Crippen LogP contribution is -1.95. The van der Waals surface area contributed by atoms with Crippen LogP contribution in [0.4, 0.5) is 0 Å². The lowest BCUT2D eigenvalue weighted by atomic mass is 9.85. The fourth-order valence-corrected chi connectivity index (χ4v) is 6.17. The molecule has 0 aliphatic rings. The highest BCUT2D eigenvalue weighted by Gasteiger charge is 2.20. The van der Waals surface area contributed by atoms with E-state index in [0.717, 1.165) is 22.2 Å². The third-order valence-corrected chi connectivity index (χ3v) is 8.16. The van der Waals surface area contributed by atoms with Crippen LogP contribution in [0.15, 0.2) is 158 Å². The molecule has 196 valence electrons. The van der Waals surface area contributed by atoms with Crippen LogP contribution in [0.3, 0.4) is 0 Å². The molecular formula is C40H26N2. The second-order valence-electron chi connectivity index (χ2n) is 10.6. The Morgan fingerprint density at radius 2 is 0.833 bits per heavy atom. The molecule has 0 atom stereocenters. The molecule has 0 radical (unpaired) electrons. The van der Waals surface area contributed by atoms with Gasteiger partial charge in [0.1, 0.15) is 0 Å². The van der Waals surface area contributed by atoms with Crippen molar-refractivity contribution in [2.75, 3.05) is 0 Å². The van der Waals surface area contributed by atoms with Gasteiger partial charge in [-0.25, -0.2) is 9.97 Å². The minimum atomic E-state index is 0.732. The molecule has 0 saturated carbocycles. The molecule has 7 aromatic carbocycles. The average Bonchev–Trinajstić information content (AvgIpc) is 3.07. The smallest absolute Gasteiger partial charge is 0.160 e. The molecule has 0 N–H and O–H groups in total. The molecule has 0 fully saturated rings. The van der Waals surface area contributed by atoms with Crippen LogP contribution in [-0.2, 0) is 0 Å². The summed E-state index contributed by atoms with van der Waals surface area (Å²) < 4.78 is 0. The first kappa shape index (κ1) is 24.2. The van der Waals surface area contributed by atoms with Crippen LogP contribution in [0.5, 0.6) is 0 Å². The van der Waals surface area contributed by atoms with E-state index in [1.54, 1.807) is 0 Å². The molecule has 0 saturated heterocycles. The Balaban J connectivity index is 1.53. The summed E-state index contributed by atoms with van der Waals surface area (Å²) in [6.07, 6.45) is 3.66. The first-order valence-corrected chi connectivity index (χ1v) is 14.2. The normalized spacial score (nSPS) is 11.3. The van der Waals surface area contributed by atoms with Crippen molar-refractivity contribution < 1.29 is 0 Å². The highest BCUT2D eigenvalue weighted by atomic mass is 14.9. The van der Waals surface area contributed by atoms with Gasteiger partial charge >= 0.3 is 0 Å². The van der Waals surface area contributed by atoms with Gasteiger partial charge in [0.15, 0.2) is 5.82 Å². The number of aromatic nitrogens is 2. The predicted molar refractivity (Wildman–Crippen MR) is 176 cm³/mol. The zero-order valence-electron chi connectivity index (χ0n) is 22.9. The van der Waals surface area contributed by atoms with Crippen molar-refractivity contribution in [2.24, 2.45) is 0 Å². The van der Waals surface area contributed by atoms with Crippen molar-refractivity contribution in [3.8, 4) is 44.8 Å². The Hall–Kier alpha value is -5.60. The van der Waals surface area contributed by atoms with E-state index in [0.29, 0.717) is 0 Å². The summed E-state index contributed by atoms with van der Waals surface area (Å²) in [7, 11) is 0. The van der Waals surface area contributed by atoms with Crippen molar-refractivity contribution in [3.05, 3.63) is 158 Å². The van der Waals surface area contributed by atoms with Gasteiger partial charge in [-0.3, -0.25) is 0 Å². The van der Waals surface area contributed by atoms with Crippen LogP contribution in [0.2, 0.25) is 0 Å². The quantitative estimate of drug-likeness (QED) is 0.210. The predicted octanol–water partition coefficient (Wildman–Crippen LogP) is 10.6. The van der Waals surface area contributed by atoms with Crippen LogP contribution >= 0.6 is 0 Å². The van der Waals surface area contributed by atoms with Crippen molar-refractivity contribution >= 4 is 32.3 Å². The topological polar surface area (TPSA) is 25.8 Å². The molecule has 2 heteroatoms. The van der Waals surface area contributed by atoms with Crippen molar-refractivity contribution in [1.29, 1.82) is 0 Å². The number of hydrogen-bond donors (Lipinski definition) is 0. The maximum atomic E-state index is 4.76. The summed E-state index contributed by atoms with van der Waals surface area (Å²) in [6, 6.07) is 52.1. The average molecular weight is 535 g/mol.